The van der Waals surface area contributed by atoms with Gasteiger partial charge in [-0.3, -0.25) is 4.79 Å². The van der Waals surface area contributed by atoms with Crippen molar-refractivity contribution in [3.63, 3.8) is 0 Å². The molecule has 0 aliphatic rings. The molecule has 1 aromatic rings. The number of carbonyl (C=O) groups is 1. The first-order valence-electron chi connectivity index (χ1n) is 6.13. The van der Waals surface area contributed by atoms with Gasteiger partial charge in [0.2, 0.25) is 15.9 Å². The van der Waals surface area contributed by atoms with Gasteiger partial charge in [-0.1, -0.05) is 30.3 Å². The van der Waals surface area contributed by atoms with Crippen LogP contribution >= 0.6 is 0 Å². The van der Waals surface area contributed by atoms with Gasteiger partial charge in [-0.15, -0.1) is 0 Å². The molecule has 0 saturated carbocycles. The van der Waals surface area contributed by atoms with E-state index in [1.807, 2.05) is 18.2 Å². The lowest BCUT2D eigenvalue weighted by molar-refractivity contribution is -0.133. The van der Waals surface area contributed by atoms with E-state index >= 15 is 0 Å². The van der Waals surface area contributed by atoms with Gasteiger partial charge in [-0.2, -0.15) is 4.72 Å². The van der Waals surface area contributed by atoms with E-state index in [1.165, 1.54) is 24.8 Å². The van der Waals surface area contributed by atoms with Gasteiger partial charge >= 0.3 is 0 Å². The number of likely N-dealkylation sites (N-methyl/N-ethyl adjacent to an activating group) is 1. The Kier molecular flexibility index (Phi) is 5.08. The van der Waals surface area contributed by atoms with Crippen molar-refractivity contribution in [2.75, 3.05) is 14.1 Å². The number of carbonyl (C=O) groups excluding carboxylic acids is 1. The predicted molar refractivity (Wildman–Crippen MR) is 80.3 cm³/mol. The molecule has 0 radical (unpaired) electrons. The minimum Gasteiger partial charge on any atom is -0.347 e. The van der Waals surface area contributed by atoms with E-state index in [0.29, 0.717) is 0 Å². The fourth-order valence-corrected chi connectivity index (χ4v) is 2.93. The van der Waals surface area contributed by atoms with Gasteiger partial charge in [0.25, 0.3) is 0 Å². The van der Waals surface area contributed by atoms with Gasteiger partial charge in [-0.25, -0.2) is 8.42 Å². The summed E-state index contributed by atoms with van der Waals surface area (Å²) in [5, 5.41) is 1.06. The summed E-state index contributed by atoms with van der Waals surface area (Å²) in [6.07, 6.45) is 1.48. The average molecular weight is 296 g/mol. The van der Waals surface area contributed by atoms with Crippen molar-refractivity contribution >= 4 is 22.0 Å². The third kappa shape index (κ3) is 4.79. The zero-order chi connectivity index (χ0) is 15.4. The van der Waals surface area contributed by atoms with Crippen LogP contribution in [0.3, 0.4) is 0 Å². The number of sulfonamides is 1. The zero-order valence-electron chi connectivity index (χ0n) is 12.1. The lowest BCUT2D eigenvalue weighted by atomic mass is 10.1. The quantitative estimate of drug-likeness (QED) is 0.894. The molecule has 1 amide bonds. The minimum absolute atomic E-state index is 0.311. The summed E-state index contributed by atoms with van der Waals surface area (Å²) in [5.41, 5.74) is -0.418. The molecule has 0 spiro atoms. The van der Waals surface area contributed by atoms with Gasteiger partial charge in [0.15, 0.2) is 0 Å². The lowest BCUT2D eigenvalue weighted by Crippen LogP contribution is -2.53. The average Bonchev–Trinajstić information content (AvgIpc) is 2.35. The topological polar surface area (TPSA) is 66.5 Å². The lowest BCUT2D eigenvalue weighted by Gasteiger charge is -2.27. The molecule has 0 aromatic heterocycles. The number of rotatable bonds is 5. The Morgan fingerprint density at radius 1 is 1.20 bits per heavy atom. The Balaban J connectivity index is 2.86. The molecule has 1 aromatic carbocycles. The number of benzene rings is 1. The van der Waals surface area contributed by atoms with E-state index in [-0.39, 0.29) is 5.91 Å². The van der Waals surface area contributed by atoms with Crippen LogP contribution in [-0.2, 0) is 14.8 Å². The second-order valence-electron chi connectivity index (χ2n) is 5.19. The van der Waals surface area contributed by atoms with Crippen molar-refractivity contribution in [2.45, 2.75) is 19.4 Å². The smallest absolute Gasteiger partial charge is 0.242 e. The molecule has 1 rings (SSSR count). The largest absolute Gasteiger partial charge is 0.347 e. The van der Waals surface area contributed by atoms with E-state index in [0.717, 1.165) is 11.0 Å². The summed E-state index contributed by atoms with van der Waals surface area (Å²) in [7, 11) is -0.531. The molecule has 0 aliphatic heterocycles. The first-order valence-corrected chi connectivity index (χ1v) is 7.67. The number of nitrogens with one attached hydrogen (secondary N) is 1. The van der Waals surface area contributed by atoms with Gasteiger partial charge in [-0.05, 0) is 25.5 Å². The maximum atomic E-state index is 12.0. The van der Waals surface area contributed by atoms with Crippen molar-refractivity contribution in [2.24, 2.45) is 0 Å². The van der Waals surface area contributed by atoms with Crippen LogP contribution in [0.25, 0.3) is 6.08 Å². The first kappa shape index (κ1) is 16.4. The van der Waals surface area contributed by atoms with Crippen molar-refractivity contribution in [1.82, 2.24) is 9.62 Å². The van der Waals surface area contributed by atoms with Crippen molar-refractivity contribution < 1.29 is 13.2 Å². The molecular weight excluding hydrogens is 276 g/mol. The molecule has 6 heteroatoms. The number of hydrogen-bond donors (Lipinski definition) is 1. The Hall–Kier alpha value is -1.66. The predicted octanol–water partition coefficient (Wildman–Crippen LogP) is 1.44. The second kappa shape index (κ2) is 6.19. The summed E-state index contributed by atoms with van der Waals surface area (Å²) in [4.78, 5) is 13.2. The van der Waals surface area contributed by atoms with E-state index < -0.39 is 15.6 Å². The Labute approximate surface area is 120 Å². The van der Waals surface area contributed by atoms with Crippen LogP contribution in [0, 0.1) is 0 Å². The zero-order valence-corrected chi connectivity index (χ0v) is 12.9. The molecule has 5 nitrogen and oxygen atoms in total. The maximum absolute atomic E-state index is 12.0. The molecule has 0 bridgehead atoms. The Morgan fingerprint density at radius 2 is 1.75 bits per heavy atom. The van der Waals surface area contributed by atoms with Crippen LogP contribution < -0.4 is 4.72 Å². The Morgan fingerprint density at radius 3 is 2.25 bits per heavy atom. The summed E-state index contributed by atoms with van der Waals surface area (Å²) in [6, 6.07) is 9.08. The van der Waals surface area contributed by atoms with Gasteiger partial charge in [0.05, 0.1) is 0 Å². The highest BCUT2D eigenvalue weighted by Gasteiger charge is 2.32. The molecule has 110 valence electrons. The Bertz CT molecular complexity index is 590. The molecule has 0 atom stereocenters. The SMILES string of the molecule is CN(C)C(=O)C(C)(C)NS(=O)(=O)/C=C\c1ccccc1. The minimum atomic E-state index is -3.69. The molecule has 0 aliphatic carbocycles. The maximum Gasteiger partial charge on any atom is 0.242 e. The third-order valence-corrected chi connectivity index (χ3v) is 3.87. The summed E-state index contributed by atoms with van der Waals surface area (Å²) >= 11 is 0. The van der Waals surface area contributed by atoms with E-state index in [2.05, 4.69) is 4.72 Å². The molecule has 0 unspecified atom stereocenters. The van der Waals surface area contributed by atoms with Crippen molar-refractivity contribution in [1.29, 1.82) is 0 Å². The van der Waals surface area contributed by atoms with Crippen molar-refractivity contribution in [3.05, 3.63) is 41.3 Å². The van der Waals surface area contributed by atoms with Crippen LogP contribution in [-0.4, -0.2) is 38.9 Å². The summed E-state index contributed by atoms with van der Waals surface area (Å²) in [6.45, 7) is 3.06. The second-order valence-corrected chi connectivity index (χ2v) is 6.75. The van der Waals surface area contributed by atoms with E-state index in [9.17, 15) is 13.2 Å². The third-order valence-electron chi connectivity index (χ3n) is 2.58. The van der Waals surface area contributed by atoms with Gasteiger partial charge in [0.1, 0.15) is 5.54 Å². The highest BCUT2D eigenvalue weighted by molar-refractivity contribution is 7.92. The van der Waals surface area contributed by atoms with Gasteiger partial charge < -0.3 is 4.90 Å². The molecule has 0 fully saturated rings. The van der Waals surface area contributed by atoms with Crippen LogP contribution in [0.4, 0.5) is 0 Å². The first-order chi connectivity index (χ1) is 9.14. The molecule has 1 N–H and O–H groups in total. The normalized spacial score (nSPS) is 12.6. The van der Waals surface area contributed by atoms with Gasteiger partial charge in [0, 0.05) is 19.5 Å². The fraction of sp³-hybridized carbons (Fsp3) is 0.357. The summed E-state index contributed by atoms with van der Waals surface area (Å²) < 4.78 is 26.3. The molecule has 0 heterocycles. The van der Waals surface area contributed by atoms with Crippen LogP contribution in [0.1, 0.15) is 19.4 Å². The van der Waals surface area contributed by atoms with E-state index in [4.69, 9.17) is 0 Å². The van der Waals surface area contributed by atoms with Crippen LogP contribution in [0.2, 0.25) is 0 Å². The molecule has 0 saturated heterocycles. The number of nitrogens with zero attached hydrogens (tertiary/aromatic N) is 1. The fourth-order valence-electron chi connectivity index (χ4n) is 1.72. The standard InChI is InChI=1S/C14H20N2O3S/c1-14(2,13(17)16(3)4)15-20(18,19)11-10-12-8-6-5-7-9-12/h5-11,15H,1-4H3/b11-10-. The van der Waals surface area contributed by atoms with Crippen molar-refractivity contribution in [3.8, 4) is 0 Å². The number of hydrogen-bond acceptors (Lipinski definition) is 3. The van der Waals surface area contributed by atoms with Crippen LogP contribution in [0.5, 0.6) is 0 Å². The summed E-state index contributed by atoms with van der Waals surface area (Å²) in [5.74, 6) is -0.311. The highest BCUT2D eigenvalue weighted by Crippen LogP contribution is 2.10. The molecule has 20 heavy (non-hydrogen) atoms. The van der Waals surface area contributed by atoms with Crippen LogP contribution in [0.15, 0.2) is 35.7 Å². The van der Waals surface area contributed by atoms with E-state index in [1.54, 1.807) is 26.2 Å². The highest BCUT2D eigenvalue weighted by atomic mass is 32.2. The monoisotopic (exact) mass is 296 g/mol. The molecular formula is C14H20N2O3S. The number of amides is 1.